The molecule has 2 fully saturated rings. The van der Waals surface area contributed by atoms with E-state index in [0.29, 0.717) is 11.3 Å². The van der Waals surface area contributed by atoms with E-state index >= 15 is 0 Å². The van der Waals surface area contributed by atoms with Crippen LogP contribution in [-0.2, 0) is 4.79 Å². The van der Waals surface area contributed by atoms with Gasteiger partial charge < -0.3 is 15.5 Å². The lowest BCUT2D eigenvalue weighted by atomic mass is 9.93. The van der Waals surface area contributed by atoms with Crippen LogP contribution in [0, 0.1) is 12.8 Å². The molecule has 2 N–H and O–H groups in total. The first-order valence-corrected chi connectivity index (χ1v) is 14.1. The molecule has 0 bridgehead atoms. The van der Waals surface area contributed by atoms with Gasteiger partial charge in [0.15, 0.2) is 5.82 Å². The monoisotopic (exact) mass is 542 g/mol. The van der Waals surface area contributed by atoms with Gasteiger partial charge >= 0.3 is 0 Å². The summed E-state index contributed by atoms with van der Waals surface area (Å²) < 4.78 is 1.56. The van der Waals surface area contributed by atoms with Gasteiger partial charge in [-0.15, -0.1) is 0 Å². The third-order valence-corrected chi connectivity index (χ3v) is 7.87. The van der Waals surface area contributed by atoms with Crippen LogP contribution in [0.2, 0.25) is 0 Å². The fraction of sp³-hybridized carbons (Fsp3) is 0.419. The van der Waals surface area contributed by atoms with Gasteiger partial charge in [-0.3, -0.25) is 23.9 Å². The van der Waals surface area contributed by atoms with Crippen molar-refractivity contribution in [3.05, 3.63) is 88.0 Å². The molecule has 1 aromatic heterocycles. The van der Waals surface area contributed by atoms with Crippen molar-refractivity contribution in [1.82, 2.24) is 24.7 Å². The number of nitrogens with one attached hydrogen (secondary N) is 2. The maximum absolute atomic E-state index is 13.8. The Balaban J connectivity index is 1.39. The number of aromatic nitrogens is 2. The second-order valence-corrected chi connectivity index (χ2v) is 11.0. The molecule has 210 valence electrons. The molecule has 2 aliphatic rings. The maximum atomic E-state index is 13.8. The number of nitrogens with zero attached hydrogens (tertiary/aromatic N) is 4. The molecule has 9 nitrogen and oxygen atoms in total. The van der Waals surface area contributed by atoms with Gasteiger partial charge in [0.25, 0.3) is 11.5 Å². The summed E-state index contributed by atoms with van der Waals surface area (Å²) in [6.07, 6.45) is 5.29. The largest absolute Gasteiger partial charge is 0.358 e. The Morgan fingerprint density at radius 2 is 1.77 bits per heavy atom. The number of rotatable bonds is 9. The van der Waals surface area contributed by atoms with E-state index in [9.17, 15) is 14.4 Å². The maximum Gasteiger partial charge on any atom is 0.297 e. The molecule has 1 saturated carbocycles. The zero-order chi connectivity index (χ0) is 28.2. The van der Waals surface area contributed by atoms with Gasteiger partial charge in [-0.25, -0.2) is 4.98 Å². The average Bonchev–Trinajstić information content (AvgIpc) is 3.77. The van der Waals surface area contributed by atoms with Gasteiger partial charge in [-0.05, 0) is 48.9 Å². The summed E-state index contributed by atoms with van der Waals surface area (Å²) in [5, 5.41) is 6.48. The SMILES string of the molecule is CC(=O)N1CCN(C[C@@H](C)[C@@H](Nc2nccn(-c3cc(C(=O)NC4CC4)ccc3C)c2=O)c2ccccc2)CC1. The van der Waals surface area contributed by atoms with Crippen molar-refractivity contribution in [1.29, 1.82) is 0 Å². The zero-order valence-corrected chi connectivity index (χ0v) is 23.5. The number of amides is 2. The van der Waals surface area contributed by atoms with Gasteiger partial charge in [0.1, 0.15) is 0 Å². The third kappa shape index (κ3) is 6.42. The normalized spacial score (nSPS) is 17.2. The van der Waals surface area contributed by atoms with E-state index in [1.165, 1.54) is 0 Å². The molecule has 1 aliphatic carbocycles. The van der Waals surface area contributed by atoms with E-state index < -0.39 is 0 Å². The van der Waals surface area contributed by atoms with Crippen molar-refractivity contribution in [2.75, 3.05) is 38.0 Å². The quantitative estimate of drug-likeness (QED) is 0.430. The Labute approximate surface area is 235 Å². The Hall–Kier alpha value is -3.98. The smallest absolute Gasteiger partial charge is 0.297 e. The van der Waals surface area contributed by atoms with Crippen molar-refractivity contribution in [3.63, 3.8) is 0 Å². The molecular formula is C31H38N6O3. The number of carbonyl (C=O) groups is 2. The second kappa shape index (κ2) is 12.0. The summed E-state index contributed by atoms with van der Waals surface area (Å²) in [4.78, 5) is 46.9. The summed E-state index contributed by atoms with van der Waals surface area (Å²) >= 11 is 0. The number of anilines is 1. The van der Waals surface area contributed by atoms with E-state index in [2.05, 4.69) is 39.6 Å². The van der Waals surface area contributed by atoms with Gasteiger partial charge in [-0.1, -0.05) is 43.3 Å². The lowest BCUT2D eigenvalue weighted by Gasteiger charge is -2.37. The molecule has 1 aliphatic heterocycles. The number of carbonyl (C=O) groups excluding carboxylic acids is 2. The summed E-state index contributed by atoms with van der Waals surface area (Å²) in [5.74, 6) is 0.410. The first-order chi connectivity index (χ1) is 19.3. The van der Waals surface area contributed by atoms with E-state index in [1.807, 2.05) is 36.1 Å². The number of hydrogen-bond donors (Lipinski definition) is 2. The van der Waals surface area contributed by atoms with E-state index in [4.69, 9.17) is 0 Å². The standard InChI is InChI=1S/C31H38N6O3/c1-21-9-10-25(30(39)33-26-11-12-26)19-27(21)37-14-13-32-29(31(37)40)34-28(24-7-5-4-6-8-24)22(2)20-35-15-17-36(18-16-35)23(3)38/h4-10,13-14,19,22,26,28H,11-12,15-18,20H2,1-3H3,(H,32,34)(H,33,39)/t22-,28-/m1/s1. The van der Waals surface area contributed by atoms with Gasteiger partial charge in [0, 0.05) is 63.6 Å². The van der Waals surface area contributed by atoms with Crippen LogP contribution in [0.1, 0.15) is 54.2 Å². The van der Waals surface area contributed by atoms with Gasteiger partial charge in [-0.2, -0.15) is 0 Å². The number of piperazine rings is 1. The highest BCUT2D eigenvalue weighted by molar-refractivity contribution is 5.95. The predicted octanol–water partition coefficient (Wildman–Crippen LogP) is 3.39. The Morgan fingerprint density at radius 3 is 2.45 bits per heavy atom. The molecule has 2 atom stereocenters. The van der Waals surface area contributed by atoms with Gasteiger partial charge in [0.2, 0.25) is 5.91 Å². The van der Waals surface area contributed by atoms with Crippen LogP contribution >= 0.6 is 0 Å². The topological polar surface area (TPSA) is 99.6 Å². The fourth-order valence-corrected chi connectivity index (χ4v) is 5.33. The molecule has 0 unspecified atom stereocenters. The first kappa shape index (κ1) is 27.6. The van der Waals surface area contributed by atoms with E-state index in [-0.39, 0.29) is 41.2 Å². The predicted molar refractivity (Wildman–Crippen MR) is 156 cm³/mol. The molecule has 40 heavy (non-hydrogen) atoms. The van der Waals surface area contributed by atoms with E-state index in [1.54, 1.807) is 36.0 Å². The molecule has 0 spiro atoms. The third-order valence-electron chi connectivity index (χ3n) is 7.87. The Kier molecular flexibility index (Phi) is 8.30. The minimum Gasteiger partial charge on any atom is -0.358 e. The molecule has 0 radical (unpaired) electrons. The number of benzene rings is 2. The molecule has 3 aromatic rings. The van der Waals surface area contributed by atoms with Crippen molar-refractivity contribution in [3.8, 4) is 5.69 Å². The molecule has 2 aromatic carbocycles. The molecule has 9 heteroatoms. The molecule has 2 heterocycles. The summed E-state index contributed by atoms with van der Waals surface area (Å²) in [6, 6.07) is 15.7. The minimum absolute atomic E-state index is 0.118. The summed E-state index contributed by atoms with van der Waals surface area (Å²) in [7, 11) is 0. The lowest BCUT2D eigenvalue weighted by Crippen LogP contribution is -2.49. The summed E-state index contributed by atoms with van der Waals surface area (Å²) in [5.41, 5.74) is 2.88. The molecule has 2 amide bonds. The molecular weight excluding hydrogens is 504 g/mol. The van der Waals surface area contributed by atoms with Crippen molar-refractivity contribution in [2.24, 2.45) is 5.92 Å². The van der Waals surface area contributed by atoms with Crippen LogP contribution in [0.15, 0.2) is 65.7 Å². The lowest BCUT2D eigenvalue weighted by molar-refractivity contribution is -0.130. The van der Waals surface area contributed by atoms with E-state index in [0.717, 1.165) is 56.7 Å². The Bertz CT molecular complexity index is 1410. The molecule has 5 rings (SSSR count). The number of aryl methyl sites for hydroxylation is 1. The second-order valence-electron chi connectivity index (χ2n) is 11.0. The van der Waals surface area contributed by atoms with Crippen LogP contribution in [0.25, 0.3) is 5.69 Å². The first-order valence-electron chi connectivity index (χ1n) is 14.1. The summed E-state index contributed by atoms with van der Waals surface area (Å²) in [6.45, 7) is 9.65. The van der Waals surface area contributed by atoms with Crippen LogP contribution in [0.5, 0.6) is 0 Å². The van der Waals surface area contributed by atoms with Crippen LogP contribution in [0.4, 0.5) is 5.82 Å². The highest BCUT2D eigenvalue weighted by atomic mass is 16.2. The Morgan fingerprint density at radius 1 is 1.05 bits per heavy atom. The zero-order valence-electron chi connectivity index (χ0n) is 23.5. The van der Waals surface area contributed by atoms with Crippen LogP contribution in [0.3, 0.4) is 0 Å². The highest BCUT2D eigenvalue weighted by Gasteiger charge is 2.27. The molecule has 1 saturated heterocycles. The van der Waals surface area contributed by atoms with Crippen molar-refractivity contribution >= 4 is 17.6 Å². The van der Waals surface area contributed by atoms with Gasteiger partial charge in [0.05, 0.1) is 11.7 Å². The van der Waals surface area contributed by atoms with Crippen molar-refractivity contribution < 1.29 is 9.59 Å². The highest BCUT2D eigenvalue weighted by Crippen LogP contribution is 2.27. The van der Waals surface area contributed by atoms with Crippen LogP contribution in [-0.4, -0.2) is 69.9 Å². The minimum atomic E-state index is -0.270. The number of hydrogen-bond acceptors (Lipinski definition) is 6. The van der Waals surface area contributed by atoms with Crippen LogP contribution < -0.4 is 16.2 Å². The average molecular weight is 543 g/mol. The van der Waals surface area contributed by atoms with Crippen molar-refractivity contribution in [2.45, 2.75) is 45.7 Å². The fourth-order valence-electron chi connectivity index (χ4n) is 5.33.